The van der Waals surface area contributed by atoms with E-state index in [9.17, 15) is 9.59 Å². The number of nitrogens with zero attached hydrogens (tertiary/aromatic N) is 1. The zero-order chi connectivity index (χ0) is 16.1. The van der Waals surface area contributed by atoms with Crippen LogP contribution in [-0.4, -0.2) is 36.3 Å². The third-order valence-corrected chi connectivity index (χ3v) is 4.72. The molecular formula is C18H18N2O2S. The van der Waals surface area contributed by atoms with E-state index in [1.165, 1.54) is 22.5 Å². The summed E-state index contributed by atoms with van der Waals surface area (Å²) >= 11 is 1.37. The van der Waals surface area contributed by atoms with Crippen molar-refractivity contribution in [1.82, 2.24) is 10.2 Å². The Kier molecular flexibility index (Phi) is 4.88. The van der Waals surface area contributed by atoms with Crippen LogP contribution in [0, 0.1) is 0 Å². The van der Waals surface area contributed by atoms with Gasteiger partial charge in [-0.3, -0.25) is 9.59 Å². The Morgan fingerprint density at radius 2 is 1.96 bits per heavy atom. The molecule has 3 rings (SSSR count). The van der Waals surface area contributed by atoms with Crippen LogP contribution in [0.1, 0.15) is 21.7 Å². The number of carbonyl (C=O) groups excluding carboxylic acids is 2. The molecule has 2 aromatic rings. The SMILES string of the molecule is O=C(NCC(=O)N1CC=C(c2ccccc2)CC1)c1cccs1. The highest BCUT2D eigenvalue weighted by molar-refractivity contribution is 7.12. The normalized spacial score (nSPS) is 14.3. The Balaban J connectivity index is 1.52. The van der Waals surface area contributed by atoms with Gasteiger partial charge in [-0.2, -0.15) is 0 Å². The van der Waals surface area contributed by atoms with Crippen molar-refractivity contribution in [1.29, 1.82) is 0 Å². The van der Waals surface area contributed by atoms with Gasteiger partial charge in [-0.15, -0.1) is 11.3 Å². The van der Waals surface area contributed by atoms with Crippen LogP contribution >= 0.6 is 11.3 Å². The molecule has 0 unspecified atom stereocenters. The molecule has 0 fully saturated rings. The van der Waals surface area contributed by atoms with Gasteiger partial charge >= 0.3 is 0 Å². The molecule has 1 aromatic heterocycles. The molecule has 0 saturated heterocycles. The van der Waals surface area contributed by atoms with Crippen molar-refractivity contribution < 1.29 is 9.59 Å². The first-order valence-electron chi connectivity index (χ1n) is 7.58. The smallest absolute Gasteiger partial charge is 0.261 e. The second kappa shape index (κ2) is 7.24. The molecule has 1 aliphatic rings. The number of thiophene rings is 1. The van der Waals surface area contributed by atoms with Gasteiger partial charge in [-0.25, -0.2) is 0 Å². The number of hydrogen-bond acceptors (Lipinski definition) is 3. The molecular weight excluding hydrogens is 308 g/mol. The van der Waals surface area contributed by atoms with Crippen LogP contribution in [0.4, 0.5) is 0 Å². The first kappa shape index (κ1) is 15.5. The van der Waals surface area contributed by atoms with Gasteiger partial charge < -0.3 is 10.2 Å². The Labute approximate surface area is 139 Å². The minimum absolute atomic E-state index is 0.0433. The summed E-state index contributed by atoms with van der Waals surface area (Å²) in [6, 6.07) is 13.8. The highest BCUT2D eigenvalue weighted by atomic mass is 32.1. The van der Waals surface area contributed by atoms with Gasteiger partial charge in [-0.05, 0) is 29.0 Å². The molecule has 2 amide bonds. The largest absolute Gasteiger partial charge is 0.342 e. The maximum atomic E-state index is 12.2. The minimum atomic E-state index is -0.189. The molecule has 0 radical (unpaired) electrons. The highest BCUT2D eigenvalue weighted by Gasteiger charge is 2.18. The van der Waals surface area contributed by atoms with E-state index in [-0.39, 0.29) is 18.4 Å². The molecule has 0 bridgehead atoms. The molecule has 0 aliphatic carbocycles. The second-order valence-electron chi connectivity index (χ2n) is 5.35. The monoisotopic (exact) mass is 326 g/mol. The highest BCUT2D eigenvalue weighted by Crippen LogP contribution is 2.21. The molecule has 0 spiro atoms. The third kappa shape index (κ3) is 3.87. The molecule has 2 heterocycles. The Morgan fingerprint density at radius 3 is 2.61 bits per heavy atom. The Morgan fingerprint density at radius 1 is 1.13 bits per heavy atom. The summed E-state index contributed by atoms with van der Waals surface area (Å²) < 4.78 is 0. The van der Waals surface area contributed by atoms with Gasteiger partial charge in [0.2, 0.25) is 5.91 Å². The molecule has 23 heavy (non-hydrogen) atoms. The summed E-state index contributed by atoms with van der Waals surface area (Å²) in [5, 5.41) is 4.53. The first-order chi connectivity index (χ1) is 11.2. The predicted octanol–water partition coefficient (Wildman–Crippen LogP) is 2.79. The van der Waals surface area contributed by atoms with E-state index in [0.717, 1.165) is 6.42 Å². The summed E-state index contributed by atoms with van der Waals surface area (Å²) in [5.41, 5.74) is 2.49. The van der Waals surface area contributed by atoms with Crippen molar-refractivity contribution in [2.24, 2.45) is 0 Å². The van der Waals surface area contributed by atoms with Gasteiger partial charge in [0.25, 0.3) is 5.91 Å². The topological polar surface area (TPSA) is 49.4 Å². The van der Waals surface area contributed by atoms with Gasteiger partial charge in [0, 0.05) is 13.1 Å². The van der Waals surface area contributed by atoms with Gasteiger partial charge in [0.05, 0.1) is 11.4 Å². The summed E-state index contributed by atoms with van der Waals surface area (Å²) in [7, 11) is 0. The van der Waals surface area contributed by atoms with Gasteiger partial charge in [-0.1, -0.05) is 42.5 Å². The molecule has 1 aromatic carbocycles. The van der Waals surface area contributed by atoms with Crippen molar-refractivity contribution in [2.45, 2.75) is 6.42 Å². The van der Waals surface area contributed by atoms with E-state index in [1.807, 2.05) is 29.6 Å². The first-order valence-corrected chi connectivity index (χ1v) is 8.46. The number of amides is 2. The van der Waals surface area contributed by atoms with E-state index in [2.05, 4.69) is 23.5 Å². The molecule has 1 N–H and O–H groups in total. The van der Waals surface area contributed by atoms with Crippen LogP contribution in [0.25, 0.3) is 5.57 Å². The van der Waals surface area contributed by atoms with Crippen molar-refractivity contribution >= 4 is 28.7 Å². The number of nitrogens with one attached hydrogen (secondary N) is 1. The number of carbonyl (C=O) groups is 2. The van der Waals surface area contributed by atoms with E-state index in [1.54, 1.807) is 11.0 Å². The summed E-state index contributed by atoms with van der Waals surface area (Å²) in [6.07, 6.45) is 2.94. The van der Waals surface area contributed by atoms with Crippen molar-refractivity contribution in [3.05, 3.63) is 64.4 Å². The summed E-state index contributed by atoms with van der Waals surface area (Å²) in [6.45, 7) is 1.33. The van der Waals surface area contributed by atoms with E-state index < -0.39 is 0 Å². The van der Waals surface area contributed by atoms with Crippen LogP contribution in [-0.2, 0) is 4.79 Å². The Bertz CT molecular complexity index is 708. The average molecular weight is 326 g/mol. The lowest BCUT2D eigenvalue weighted by Gasteiger charge is -2.26. The molecule has 5 heteroatoms. The fraction of sp³-hybridized carbons (Fsp3) is 0.222. The fourth-order valence-electron chi connectivity index (χ4n) is 2.57. The van der Waals surface area contributed by atoms with Gasteiger partial charge in [0.1, 0.15) is 0 Å². The number of rotatable bonds is 4. The Hall–Kier alpha value is -2.40. The summed E-state index contributed by atoms with van der Waals surface area (Å²) in [5.74, 6) is -0.232. The third-order valence-electron chi connectivity index (χ3n) is 3.85. The van der Waals surface area contributed by atoms with Gasteiger partial charge in [0.15, 0.2) is 0 Å². The molecule has 4 nitrogen and oxygen atoms in total. The zero-order valence-electron chi connectivity index (χ0n) is 12.7. The van der Waals surface area contributed by atoms with Crippen LogP contribution in [0.15, 0.2) is 53.9 Å². The van der Waals surface area contributed by atoms with Crippen LogP contribution in [0.3, 0.4) is 0 Å². The lowest BCUT2D eigenvalue weighted by molar-refractivity contribution is -0.129. The minimum Gasteiger partial charge on any atom is -0.342 e. The lowest BCUT2D eigenvalue weighted by atomic mass is 9.99. The standard InChI is InChI=1S/C18H18N2O2S/c21-17(13-19-18(22)16-7-4-12-23-16)20-10-8-15(9-11-20)14-5-2-1-3-6-14/h1-8,12H,9-11,13H2,(H,19,22). The summed E-state index contributed by atoms with van der Waals surface area (Å²) in [4.78, 5) is 26.5. The van der Waals surface area contributed by atoms with E-state index in [0.29, 0.717) is 18.0 Å². The van der Waals surface area contributed by atoms with Crippen LogP contribution < -0.4 is 5.32 Å². The molecule has 0 atom stereocenters. The van der Waals surface area contributed by atoms with Crippen LogP contribution in [0.5, 0.6) is 0 Å². The quantitative estimate of drug-likeness (QED) is 0.939. The number of hydrogen-bond donors (Lipinski definition) is 1. The van der Waals surface area contributed by atoms with Crippen molar-refractivity contribution in [3.8, 4) is 0 Å². The van der Waals surface area contributed by atoms with Crippen LogP contribution in [0.2, 0.25) is 0 Å². The molecule has 1 aliphatic heterocycles. The second-order valence-corrected chi connectivity index (χ2v) is 6.29. The molecule has 118 valence electrons. The zero-order valence-corrected chi connectivity index (χ0v) is 13.5. The lowest BCUT2D eigenvalue weighted by Crippen LogP contribution is -2.41. The average Bonchev–Trinajstić information content (AvgIpc) is 3.15. The fourth-order valence-corrected chi connectivity index (χ4v) is 3.21. The maximum absolute atomic E-state index is 12.2. The maximum Gasteiger partial charge on any atom is 0.261 e. The van der Waals surface area contributed by atoms with Crippen molar-refractivity contribution in [3.63, 3.8) is 0 Å². The van der Waals surface area contributed by atoms with Crippen molar-refractivity contribution in [2.75, 3.05) is 19.6 Å². The molecule has 0 saturated carbocycles. The number of benzene rings is 1. The van der Waals surface area contributed by atoms with E-state index >= 15 is 0 Å². The predicted molar refractivity (Wildman–Crippen MR) is 92.3 cm³/mol. The van der Waals surface area contributed by atoms with E-state index in [4.69, 9.17) is 0 Å².